The lowest BCUT2D eigenvalue weighted by Gasteiger charge is -2.23. The molecule has 1 saturated carbocycles. The summed E-state index contributed by atoms with van der Waals surface area (Å²) in [6.07, 6.45) is 7.72. The number of nitrogens with two attached hydrogens (primary N) is 1. The van der Waals surface area contributed by atoms with E-state index in [1.54, 1.807) is 30.5 Å². The van der Waals surface area contributed by atoms with Gasteiger partial charge in [0, 0.05) is 58.6 Å². The number of benzene rings is 1. The molecule has 2 aromatic rings. The van der Waals surface area contributed by atoms with Crippen LogP contribution in [-0.2, 0) is 0 Å². The van der Waals surface area contributed by atoms with E-state index in [-0.39, 0.29) is 0 Å². The van der Waals surface area contributed by atoms with E-state index in [0.29, 0.717) is 22.0 Å². The Balaban J connectivity index is 0.000000150. The predicted molar refractivity (Wildman–Crippen MR) is 129 cm³/mol. The summed E-state index contributed by atoms with van der Waals surface area (Å²) in [5, 5.41) is 8.70. The zero-order chi connectivity index (χ0) is 21.1. The monoisotopic (exact) mass is 442 g/mol. The summed E-state index contributed by atoms with van der Waals surface area (Å²) in [6, 6.07) is 9.75. The fourth-order valence-electron chi connectivity index (χ4n) is 5.00. The van der Waals surface area contributed by atoms with E-state index in [1.807, 2.05) is 13.0 Å². The first kappa shape index (κ1) is 21.7. The van der Waals surface area contributed by atoms with Crippen molar-refractivity contribution in [3.05, 3.63) is 58.4 Å². The summed E-state index contributed by atoms with van der Waals surface area (Å²) in [6.45, 7) is 4.77. The Labute approximate surface area is 189 Å². The van der Waals surface area contributed by atoms with Gasteiger partial charge in [0.15, 0.2) is 0 Å². The van der Waals surface area contributed by atoms with E-state index >= 15 is 0 Å². The lowest BCUT2D eigenvalue weighted by atomic mass is 10.0. The third kappa shape index (κ3) is 5.01. The smallest absolute Gasteiger partial charge is 0.0706 e. The molecule has 0 bridgehead atoms. The van der Waals surface area contributed by atoms with Crippen LogP contribution in [0, 0.1) is 24.2 Å². The Hall–Kier alpha value is -1.56. The maximum atomic E-state index is 8.13. The van der Waals surface area contributed by atoms with Gasteiger partial charge in [-0.1, -0.05) is 18.0 Å². The van der Waals surface area contributed by atoms with Gasteiger partial charge in [0.1, 0.15) is 0 Å². The number of aryl methyl sites for hydroxylation is 1. The molecule has 1 aromatic carbocycles. The van der Waals surface area contributed by atoms with Crippen LogP contribution in [0.15, 0.2) is 36.5 Å². The number of aromatic nitrogens is 1. The number of nitrogens with zero attached hydrogens (tertiary/aromatic N) is 2. The largest absolute Gasteiger partial charge is 0.398 e. The molecule has 1 unspecified atom stereocenters. The second-order valence-electron chi connectivity index (χ2n) is 8.71. The van der Waals surface area contributed by atoms with Crippen molar-refractivity contribution in [3.8, 4) is 0 Å². The summed E-state index contributed by atoms with van der Waals surface area (Å²) in [4.78, 5) is 6.90. The minimum absolute atomic E-state index is 0.379. The minimum Gasteiger partial charge on any atom is -0.398 e. The zero-order valence-electron chi connectivity index (χ0n) is 17.6. The van der Waals surface area contributed by atoms with E-state index in [1.165, 1.54) is 50.3 Å². The Morgan fingerprint density at radius 1 is 1.17 bits per heavy atom. The van der Waals surface area contributed by atoms with Gasteiger partial charge in [-0.05, 0) is 74.1 Å². The van der Waals surface area contributed by atoms with Crippen molar-refractivity contribution in [2.45, 2.75) is 38.6 Å². The molecule has 3 fully saturated rings. The number of hydrogen-bond donors (Lipinski definition) is 2. The average molecular weight is 443 g/mol. The van der Waals surface area contributed by atoms with Gasteiger partial charge < -0.3 is 5.73 Å². The lowest BCUT2D eigenvalue weighted by Crippen LogP contribution is -2.33. The Bertz CT molecular complexity index is 885. The number of likely N-dealkylation sites (tertiary alicyclic amines) is 1. The normalized spacial score (nSPS) is 25.6. The van der Waals surface area contributed by atoms with Gasteiger partial charge in [-0.3, -0.25) is 15.3 Å². The molecule has 3 N–H and O–H groups in total. The van der Waals surface area contributed by atoms with Crippen molar-refractivity contribution >= 4 is 34.8 Å². The molecule has 160 valence electrons. The molecular formula is C24H31ClN4S. The molecule has 5 rings (SSSR count). The van der Waals surface area contributed by atoms with Crippen molar-refractivity contribution in [1.82, 2.24) is 9.88 Å². The molecule has 3 heterocycles. The highest BCUT2D eigenvalue weighted by Gasteiger charge is 2.39. The number of anilines is 1. The van der Waals surface area contributed by atoms with E-state index in [2.05, 4.69) is 21.6 Å². The van der Waals surface area contributed by atoms with Crippen LogP contribution in [0.1, 0.15) is 42.5 Å². The Kier molecular flexibility index (Phi) is 7.01. The highest BCUT2D eigenvalue weighted by Crippen LogP contribution is 2.40. The Morgan fingerprint density at radius 2 is 1.93 bits per heavy atom. The number of thioether (sulfide) groups is 1. The molecule has 3 atom stereocenters. The van der Waals surface area contributed by atoms with Crippen LogP contribution >= 0.6 is 23.4 Å². The van der Waals surface area contributed by atoms with Crippen molar-refractivity contribution in [2.75, 3.05) is 30.3 Å². The van der Waals surface area contributed by atoms with Crippen LogP contribution in [0.4, 0.5) is 5.69 Å². The molecule has 0 radical (unpaired) electrons. The van der Waals surface area contributed by atoms with Gasteiger partial charge in [0.05, 0.1) is 5.71 Å². The maximum Gasteiger partial charge on any atom is 0.0706 e. The van der Waals surface area contributed by atoms with Crippen molar-refractivity contribution < 1.29 is 0 Å². The highest BCUT2D eigenvalue weighted by atomic mass is 35.5. The van der Waals surface area contributed by atoms with Crippen LogP contribution in [0.3, 0.4) is 0 Å². The van der Waals surface area contributed by atoms with Gasteiger partial charge in [0.2, 0.25) is 0 Å². The van der Waals surface area contributed by atoms with Gasteiger partial charge in [-0.2, -0.15) is 11.8 Å². The van der Waals surface area contributed by atoms with Crippen LogP contribution in [-0.4, -0.2) is 46.2 Å². The summed E-state index contributed by atoms with van der Waals surface area (Å²) in [7, 11) is 0. The van der Waals surface area contributed by atoms with E-state index in [4.69, 9.17) is 22.7 Å². The number of rotatable bonds is 3. The standard InChI is InChI=1S/C13H12ClN3.C11H19NS/c1-8-6-9(4-5-17-8)13(16)11-3-2-10(14)7-12(11)15;1-2-9-6-12(7-10(9)3-1)11-4-5-13-8-11/h2-7,16H,15H2,1H3;9-11H,1-8H2/t;9-,10+,11?. The zero-order valence-corrected chi connectivity index (χ0v) is 19.2. The van der Waals surface area contributed by atoms with Crippen molar-refractivity contribution in [1.29, 1.82) is 5.41 Å². The molecule has 2 saturated heterocycles. The molecule has 2 aliphatic heterocycles. The third-order valence-electron chi connectivity index (χ3n) is 6.64. The second-order valence-corrected chi connectivity index (χ2v) is 10.3. The first-order chi connectivity index (χ1) is 14.5. The summed E-state index contributed by atoms with van der Waals surface area (Å²) < 4.78 is 0. The fourth-order valence-corrected chi connectivity index (χ4v) is 6.43. The topological polar surface area (TPSA) is 66.0 Å². The summed E-state index contributed by atoms with van der Waals surface area (Å²) in [5.74, 6) is 5.01. The SMILES string of the molecule is C1C[C@@H]2CN(C3CCSC3)C[C@@H]2C1.Cc1cc(C(=N)c2ccc(Cl)cc2N)ccn1. The summed E-state index contributed by atoms with van der Waals surface area (Å²) >= 11 is 7.99. The van der Waals surface area contributed by atoms with Gasteiger partial charge in [0.25, 0.3) is 0 Å². The molecule has 6 heteroatoms. The number of nitrogen functional groups attached to an aromatic ring is 1. The first-order valence-corrected chi connectivity index (χ1v) is 12.4. The predicted octanol–water partition coefficient (Wildman–Crippen LogP) is 5.27. The van der Waals surface area contributed by atoms with Crippen molar-refractivity contribution in [2.24, 2.45) is 11.8 Å². The molecule has 4 nitrogen and oxygen atoms in total. The number of fused-ring (bicyclic) bond motifs is 1. The lowest BCUT2D eigenvalue weighted by molar-refractivity contribution is 0.244. The molecule has 3 aliphatic rings. The number of pyridine rings is 1. The fraction of sp³-hybridized carbons (Fsp3) is 0.500. The number of nitrogens with one attached hydrogen (secondary N) is 1. The van der Waals surface area contributed by atoms with E-state index < -0.39 is 0 Å². The van der Waals surface area contributed by atoms with Crippen LogP contribution in [0.2, 0.25) is 5.02 Å². The third-order valence-corrected chi connectivity index (χ3v) is 8.02. The van der Waals surface area contributed by atoms with Crippen molar-refractivity contribution in [3.63, 3.8) is 0 Å². The second kappa shape index (κ2) is 9.71. The quantitative estimate of drug-likeness (QED) is 0.502. The van der Waals surface area contributed by atoms with Crippen LogP contribution in [0.5, 0.6) is 0 Å². The average Bonchev–Trinajstić information content (AvgIpc) is 3.45. The molecule has 0 spiro atoms. The van der Waals surface area contributed by atoms with Gasteiger partial charge >= 0.3 is 0 Å². The van der Waals surface area contributed by atoms with Crippen LogP contribution in [0.25, 0.3) is 0 Å². The molecule has 0 amide bonds. The van der Waals surface area contributed by atoms with E-state index in [9.17, 15) is 0 Å². The Morgan fingerprint density at radius 3 is 2.57 bits per heavy atom. The highest BCUT2D eigenvalue weighted by molar-refractivity contribution is 7.99. The molecule has 1 aliphatic carbocycles. The molecular weight excluding hydrogens is 412 g/mol. The van der Waals surface area contributed by atoms with E-state index in [0.717, 1.165) is 29.1 Å². The summed E-state index contributed by atoms with van der Waals surface area (Å²) in [5.41, 5.74) is 9.10. The van der Waals surface area contributed by atoms with Crippen LogP contribution < -0.4 is 5.73 Å². The first-order valence-electron chi connectivity index (χ1n) is 10.9. The van der Waals surface area contributed by atoms with Gasteiger partial charge in [-0.25, -0.2) is 0 Å². The molecule has 30 heavy (non-hydrogen) atoms. The van der Waals surface area contributed by atoms with Gasteiger partial charge in [-0.15, -0.1) is 0 Å². The maximum absolute atomic E-state index is 8.13. The number of halogens is 1. The minimum atomic E-state index is 0.379. The molecule has 1 aromatic heterocycles. The number of hydrogen-bond acceptors (Lipinski definition) is 5.